The number of fused-ring (bicyclic) bond motifs is 1. The molecule has 1 aliphatic heterocycles. The standard InChI is InChI=1S/C11H12O3/c1-7-5-4-6-8-9(7)13-11(2,3)14-10(8)12/h4-6H,1-3H3. The highest BCUT2D eigenvalue weighted by Gasteiger charge is 2.34. The molecule has 1 aromatic rings. The van der Waals surface area contributed by atoms with E-state index in [0.29, 0.717) is 11.3 Å². The van der Waals surface area contributed by atoms with Crippen LogP contribution in [0.25, 0.3) is 0 Å². The van der Waals surface area contributed by atoms with Gasteiger partial charge in [0.15, 0.2) is 0 Å². The number of carbonyl (C=O) groups excluding carboxylic acids is 1. The Hall–Kier alpha value is -1.51. The summed E-state index contributed by atoms with van der Waals surface area (Å²) in [5.74, 6) is -0.551. The SMILES string of the molecule is Cc1cccc2c1OC(C)(C)OC2=O. The van der Waals surface area contributed by atoms with Crippen LogP contribution in [0, 0.1) is 6.92 Å². The van der Waals surface area contributed by atoms with Gasteiger partial charge in [0, 0.05) is 13.8 Å². The maximum atomic E-state index is 11.6. The van der Waals surface area contributed by atoms with E-state index in [1.807, 2.05) is 19.1 Å². The summed E-state index contributed by atoms with van der Waals surface area (Å²) in [6.07, 6.45) is 0. The van der Waals surface area contributed by atoms with Crippen molar-refractivity contribution in [2.45, 2.75) is 26.6 Å². The van der Waals surface area contributed by atoms with Crippen LogP contribution in [-0.4, -0.2) is 11.8 Å². The minimum absolute atomic E-state index is 0.319. The number of hydrogen-bond donors (Lipinski definition) is 0. The molecule has 1 aliphatic rings. The van der Waals surface area contributed by atoms with Crippen LogP contribution in [0.3, 0.4) is 0 Å². The highest BCUT2D eigenvalue weighted by atomic mass is 16.7. The molecule has 3 nitrogen and oxygen atoms in total. The van der Waals surface area contributed by atoms with Crippen LogP contribution in [-0.2, 0) is 4.74 Å². The fourth-order valence-corrected chi connectivity index (χ4v) is 1.49. The van der Waals surface area contributed by atoms with E-state index in [1.165, 1.54) is 0 Å². The number of aryl methyl sites for hydroxylation is 1. The number of esters is 1. The summed E-state index contributed by atoms with van der Waals surface area (Å²) in [6.45, 7) is 5.36. The third-order valence-electron chi connectivity index (χ3n) is 2.12. The summed E-state index contributed by atoms with van der Waals surface area (Å²) in [5, 5.41) is 0. The summed E-state index contributed by atoms with van der Waals surface area (Å²) in [5.41, 5.74) is 1.46. The summed E-state index contributed by atoms with van der Waals surface area (Å²) in [6, 6.07) is 5.44. The fourth-order valence-electron chi connectivity index (χ4n) is 1.49. The van der Waals surface area contributed by atoms with Gasteiger partial charge in [-0.05, 0) is 18.6 Å². The Kier molecular flexibility index (Phi) is 1.77. The number of benzene rings is 1. The zero-order valence-corrected chi connectivity index (χ0v) is 8.46. The van der Waals surface area contributed by atoms with Gasteiger partial charge in [-0.1, -0.05) is 12.1 Å². The van der Waals surface area contributed by atoms with Crippen molar-refractivity contribution in [3.8, 4) is 5.75 Å². The van der Waals surface area contributed by atoms with E-state index in [4.69, 9.17) is 9.47 Å². The summed E-state index contributed by atoms with van der Waals surface area (Å²) < 4.78 is 10.7. The monoisotopic (exact) mass is 192 g/mol. The highest BCUT2D eigenvalue weighted by molar-refractivity contribution is 5.94. The number of rotatable bonds is 0. The lowest BCUT2D eigenvalue weighted by atomic mass is 10.1. The van der Waals surface area contributed by atoms with Crippen molar-refractivity contribution in [1.82, 2.24) is 0 Å². The molecule has 1 aromatic carbocycles. The van der Waals surface area contributed by atoms with Gasteiger partial charge in [-0.3, -0.25) is 0 Å². The molecule has 0 amide bonds. The van der Waals surface area contributed by atoms with Crippen LogP contribution in [0.4, 0.5) is 0 Å². The quantitative estimate of drug-likeness (QED) is 0.591. The van der Waals surface area contributed by atoms with Crippen LogP contribution >= 0.6 is 0 Å². The molecular weight excluding hydrogens is 180 g/mol. The first-order valence-corrected chi connectivity index (χ1v) is 4.51. The molecule has 3 heteroatoms. The smallest absolute Gasteiger partial charge is 0.345 e. The van der Waals surface area contributed by atoms with Crippen LogP contribution in [0.1, 0.15) is 29.8 Å². The van der Waals surface area contributed by atoms with E-state index in [9.17, 15) is 4.79 Å². The van der Waals surface area contributed by atoms with Gasteiger partial charge in [-0.2, -0.15) is 0 Å². The molecule has 0 radical (unpaired) electrons. The zero-order valence-electron chi connectivity index (χ0n) is 8.46. The maximum Gasteiger partial charge on any atom is 0.345 e. The van der Waals surface area contributed by atoms with E-state index < -0.39 is 5.79 Å². The largest absolute Gasteiger partial charge is 0.452 e. The first-order chi connectivity index (χ1) is 6.49. The average molecular weight is 192 g/mol. The third kappa shape index (κ3) is 1.35. The summed E-state index contributed by atoms with van der Waals surface area (Å²) in [7, 11) is 0. The highest BCUT2D eigenvalue weighted by Crippen LogP contribution is 2.33. The normalized spacial score (nSPS) is 18.1. The van der Waals surface area contributed by atoms with E-state index in [2.05, 4.69) is 0 Å². The van der Waals surface area contributed by atoms with Crippen LogP contribution in [0.5, 0.6) is 5.75 Å². The molecule has 74 valence electrons. The Balaban J connectivity index is 2.56. The fraction of sp³-hybridized carbons (Fsp3) is 0.364. The molecule has 0 N–H and O–H groups in total. The van der Waals surface area contributed by atoms with Gasteiger partial charge < -0.3 is 9.47 Å². The number of hydrogen-bond acceptors (Lipinski definition) is 3. The molecule has 0 saturated carbocycles. The third-order valence-corrected chi connectivity index (χ3v) is 2.12. The van der Waals surface area contributed by atoms with Crippen molar-refractivity contribution in [3.05, 3.63) is 29.3 Å². The molecule has 1 heterocycles. The molecule has 2 rings (SSSR count). The number of para-hydroxylation sites is 1. The van der Waals surface area contributed by atoms with Gasteiger partial charge in [-0.15, -0.1) is 0 Å². The molecule has 14 heavy (non-hydrogen) atoms. The Labute approximate surface area is 82.6 Å². The van der Waals surface area contributed by atoms with E-state index in [1.54, 1.807) is 19.9 Å². The predicted molar refractivity (Wildman–Crippen MR) is 51.3 cm³/mol. The van der Waals surface area contributed by atoms with E-state index in [-0.39, 0.29) is 5.97 Å². The second-order valence-corrected chi connectivity index (χ2v) is 3.84. The van der Waals surface area contributed by atoms with Crippen molar-refractivity contribution in [3.63, 3.8) is 0 Å². The van der Waals surface area contributed by atoms with Gasteiger partial charge >= 0.3 is 5.97 Å². The lowest BCUT2D eigenvalue weighted by Crippen LogP contribution is -2.39. The Bertz CT molecular complexity index is 394. The lowest BCUT2D eigenvalue weighted by molar-refractivity contribution is -0.127. The van der Waals surface area contributed by atoms with Crippen molar-refractivity contribution in [2.24, 2.45) is 0 Å². The van der Waals surface area contributed by atoms with E-state index in [0.717, 1.165) is 5.56 Å². The molecule has 0 fully saturated rings. The van der Waals surface area contributed by atoms with Crippen molar-refractivity contribution in [1.29, 1.82) is 0 Å². The van der Waals surface area contributed by atoms with Gasteiger partial charge in [0.1, 0.15) is 11.3 Å². The Morgan fingerprint density at radius 3 is 2.64 bits per heavy atom. The van der Waals surface area contributed by atoms with E-state index >= 15 is 0 Å². The first-order valence-electron chi connectivity index (χ1n) is 4.51. The average Bonchev–Trinajstić information content (AvgIpc) is 2.05. The molecule has 0 unspecified atom stereocenters. The summed E-state index contributed by atoms with van der Waals surface area (Å²) in [4.78, 5) is 11.6. The minimum atomic E-state index is -0.865. The van der Waals surface area contributed by atoms with Crippen molar-refractivity contribution < 1.29 is 14.3 Å². The molecule has 0 spiro atoms. The molecule has 0 aliphatic carbocycles. The molecule has 0 saturated heterocycles. The summed E-state index contributed by atoms with van der Waals surface area (Å²) >= 11 is 0. The molecule has 0 bridgehead atoms. The second kappa shape index (κ2) is 2.74. The van der Waals surface area contributed by atoms with Crippen LogP contribution in [0.2, 0.25) is 0 Å². The minimum Gasteiger partial charge on any atom is -0.452 e. The van der Waals surface area contributed by atoms with Crippen molar-refractivity contribution >= 4 is 5.97 Å². The topological polar surface area (TPSA) is 35.5 Å². The molecule has 0 aromatic heterocycles. The number of cyclic esters (lactones) is 1. The van der Waals surface area contributed by atoms with Crippen LogP contribution in [0.15, 0.2) is 18.2 Å². The first kappa shape index (κ1) is 9.06. The predicted octanol–water partition coefficient (Wildman–Crippen LogP) is 2.28. The van der Waals surface area contributed by atoms with Gasteiger partial charge in [0.2, 0.25) is 5.79 Å². The van der Waals surface area contributed by atoms with Gasteiger partial charge in [0.25, 0.3) is 0 Å². The Morgan fingerprint density at radius 2 is 1.93 bits per heavy atom. The molecule has 0 atom stereocenters. The zero-order chi connectivity index (χ0) is 10.3. The van der Waals surface area contributed by atoms with Gasteiger partial charge in [0.05, 0.1) is 0 Å². The Morgan fingerprint density at radius 1 is 1.21 bits per heavy atom. The number of ether oxygens (including phenoxy) is 2. The number of carbonyl (C=O) groups is 1. The maximum absolute atomic E-state index is 11.6. The van der Waals surface area contributed by atoms with Crippen molar-refractivity contribution in [2.75, 3.05) is 0 Å². The molecular formula is C11H12O3. The van der Waals surface area contributed by atoms with Gasteiger partial charge in [-0.25, -0.2) is 4.79 Å². The second-order valence-electron chi connectivity index (χ2n) is 3.84. The van der Waals surface area contributed by atoms with Crippen LogP contribution < -0.4 is 4.74 Å². The lowest BCUT2D eigenvalue weighted by Gasteiger charge is -2.32.